The molecule has 0 saturated heterocycles. The van der Waals surface area contributed by atoms with Gasteiger partial charge in [0, 0.05) is 6.04 Å². The minimum atomic E-state index is -0.308. The molecular weight excluding hydrogens is 280 g/mol. The van der Waals surface area contributed by atoms with Crippen LogP contribution in [0.3, 0.4) is 0 Å². The van der Waals surface area contributed by atoms with Crippen LogP contribution in [0.2, 0.25) is 0 Å². The molecule has 0 fully saturated rings. The lowest BCUT2D eigenvalue weighted by Crippen LogP contribution is -2.42. The lowest BCUT2D eigenvalue weighted by atomic mass is 10.1. The molecule has 0 bridgehead atoms. The monoisotopic (exact) mass is 306 g/mol. The van der Waals surface area contributed by atoms with Crippen molar-refractivity contribution in [2.75, 3.05) is 13.2 Å². The van der Waals surface area contributed by atoms with Gasteiger partial charge in [-0.15, -0.1) is 0 Å². The highest BCUT2D eigenvalue weighted by Crippen LogP contribution is 2.07. The van der Waals surface area contributed by atoms with Crippen LogP contribution in [0.25, 0.3) is 0 Å². The fourth-order valence-electron chi connectivity index (χ4n) is 1.99. The van der Waals surface area contributed by atoms with Gasteiger partial charge in [-0.2, -0.15) is 0 Å². The normalized spacial score (nSPS) is 11.5. The number of carbonyl (C=O) groups excluding carboxylic acids is 2. The molecule has 0 aliphatic heterocycles. The number of ether oxygens (including phenoxy) is 1. The second kappa shape index (κ2) is 10.7. The van der Waals surface area contributed by atoms with Crippen molar-refractivity contribution in [1.29, 1.82) is 0 Å². The summed E-state index contributed by atoms with van der Waals surface area (Å²) in [7, 11) is 0. The molecule has 0 saturated carbocycles. The smallest absolute Gasteiger partial charge is 0.258 e. The van der Waals surface area contributed by atoms with Gasteiger partial charge in [0.25, 0.3) is 5.91 Å². The summed E-state index contributed by atoms with van der Waals surface area (Å²) >= 11 is 0. The summed E-state index contributed by atoms with van der Waals surface area (Å²) in [6, 6.07) is 9.23. The Morgan fingerprint density at radius 1 is 1.14 bits per heavy atom. The largest absolute Gasteiger partial charge is 0.484 e. The predicted octanol–water partition coefficient (Wildman–Crippen LogP) is 2.27. The van der Waals surface area contributed by atoms with Crippen LogP contribution in [0, 0.1) is 0 Å². The first kappa shape index (κ1) is 18.0. The van der Waals surface area contributed by atoms with Crippen LogP contribution in [0.15, 0.2) is 30.3 Å². The first-order valence-electron chi connectivity index (χ1n) is 7.85. The summed E-state index contributed by atoms with van der Waals surface area (Å²) in [6.45, 7) is 4.02. The van der Waals surface area contributed by atoms with Crippen molar-refractivity contribution in [3.8, 4) is 5.75 Å². The van der Waals surface area contributed by atoms with Crippen LogP contribution in [0.1, 0.15) is 39.5 Å². The second-order valence-corrected chi connectivity index (χ2v) is 5.34. The van der Waals surface area contributed by atoms with Gasteiger partial charge in [0.1, 0.15) is 5.75 Å². The zero-order valence-electron chi connectivity index (χ0n) is 13.4. The summed E-state index contributed by atoms with van der Waals surface area (Å²) < 4.78 is 5.30. The van der Waals surface area contributed by atoms with E-state index < -0.39 is 0 Å². The van der Waals surface area contributed by atoms with Gasteiger partial charge in [-0.1, -0.05) is 44.4 Å². The summed E-state index contributed by atoms with van der Waals surface area (Å²) in [5, 5.41) is 5.42. The van der Waals surface area contributed by atoms with E-state index in [1.807, 2.05) is 25.1 Å². The number of amides is 2. The average molecular weight is 306 g/mol. The fraction of sp³-hybridized carbons (Fsp3) is 0.529. The van der Waals surface area contributed by atoms with Gasteiger partial charge in [-0.25, -0.2) is 0 Å². The molecule has 0 heterocycles. The molecule has 1 unspecified atom stereocenters. The van der Waals surface area contributed by atoms with E-state index in [1.54, 1.807) is 12.1 Å². The molecule has 2 amide bonds. The molecule has 5 heteroatoms. The quantitative estimate of drug-likeness (QED) is 0.652. The first-order valence-corrected chi connectivity index (χ1v) is 7.85. The van der Waals surface area contributed by atoms with Gasteiger partial charge in [0.2, 0.25) is 5.91 Å². The molecule has 5 nitrogen and oxygen atoms in total. The van der Waals surface area contributed by atoms with Gasteiger partial charge < -0.3 is 15.4 Å². The molecular formula is C17H26N2O3. The van der Waals surface area contributed by atoms with Crippen LogP contribution >= 0.6 is 0 Å². The zero-order chi connectivity index (χ0) is 16.2. The molecule has 0 radical (unpaired) electrons. The summed E-state index contributed by atoms with van der Waals surface area (Å²) in [5.74, 6) is 0.154. The van der Waals surface area contributed by atoms with E-state index in [4.69, 9.17) is 4.74 Å². The third kappa shape index (κ3) is 8.29. The van der Waals surface area contributed by atoms with E-state index in [0.717, 1.165) is 19.3 Å². The highest BCUT2D eigenvalue weighted by Gasteiger charge is 2.09. The SMILES string of the molecule is CCCCCC(C)NC(=O)CNC(=O)COc1ccccc1. The maximum Gasteiger partial charge on any atom is 0.258 e. The number of carbonyl (C=O) groups is 2. The maximum absolute atomic E-state index is 11.7. The number of unbranched alkanes of at least 4 members (excludes halogenated alkanes) is 2. The molecule has 0 aromatic heterocycles. The molecule has 22 heavy (non-hydrogen) atoms. The van der Waals surface area contributed by atoms with Crippen LogP contribution in [-0.2, 0) is 9.59 Å². The number of para-hydroxylation sites is 1. The van der Waals surface area contributed by atoms with Crippen LogP contribution < -0.4 is 15.4 Å². The maximum atomic E-state index is 11.7. The molecule has 0 spiro atoms. The van der Waals surface area contributed by atoms with Crippen molar-refractivity contribution in [2.24, 2.45) is 0 Å². The molecule has 2 N–H and O–H groups in total. The number of nitrogens with one attached hydrogen (secondary N) is 2. The standard InChI is InChI=1S/C17H26N2O3/c1-3-4-6-9-14(2)19-16(20)12-18-17(21)13-22-15-10-7-5-8-11-15/h5,7-8,10-11,14H,3-4,6,9,12-13H2,1-2H3,(H,18,21)(H,19,20). The Kier molecular flexibility index (Phi) is 8.72. The third-order valence-electron chi connectivity index (χ3n) is 3.21. The van der Waals surface area contributed by atoms with Crippen molar-refractivity contribution in [3.63, 3.8) is 0 Å². The first-order chi connectivity index (χ1) is 10.6. The summed E-state index contributed by atoms with van der Waals surface area (Å²) in [4.78, 5) is 23.3. The van der Waals surface area contributed by atoms with E-state index in [9.17, 15) is 9.59 Å². The lowest BCUT2D eigenvalue weighted by molar-refractivity contribution is -0.127. The average Bonchev–Trinajstić information content (AvgIpc) is 2.52. The van der Waals surface area contributed by atoms with E-state index in [2.05, 4.69) is 17.6 Å². The van der Waals surface area contributed by atoms with Crippen molar-refractivity contribution < 1.29 is 14.3 Å². The molecule has 1 atom stereocenters. The van der Waals surface area contributed by atoms with Crippen molar-refractivity contribution in [3.05, 3.63) is 30.3 Å². The number of hydrogen-bond acceptors (Lipinski definition) is 3. The van der Waals surface area contributed by atoms with Gasteiger partial charge in [-0.05, 0) is 25.5 Å². The molecule has 1 aromatic rings. The van der Waals surface area contributed by atoms with E-state index in [0.29, 0.717) is 5.75 Å². The number of hydrogen-bond donors (Lipinski definition) is 2. The van der Waals surface area contributed by atoms with Crippen molar-refractivity contribution in [2.45, 2.75) is 45.6 Å². The van der Waals surface area contributed by atoms with Gasteiger partial charge in [0.15, 0.2) is 6.61 Å². The van der Waals surface area contributed by atoms with E-state index in [1.165, 1.54) is 6.42 Å². The lowest BCUT2D eigenvalue weighted by Gasteiger charge is -2.14. The minimum absolute atomic E-state index is 0.0187. The minimum Gasteiger partial charge on any atom is -0.484 e. The highest BCUT2D eigenvalue weighted by molar-refractivity contribution is 5.85. The Labute approximate surface area is 132 Å². The fourth-order valence-corrected chi connectivity index (χ4v) is 1.99. The highest BCUT2D eigenvalue weighted by atomic mass is 16.5. The molecule has 122 valence electrons. The van der Waals surface area contributed by atoms with E-state index >= 15 is 0 Å². The predicted molar refractivity (Wildman–Crippen MR) is 86.7 cm³/mol. The van der Waals surface area contributed by atoms with Gasteiger partial charge in [-0.3, -0.25) is 9.59 Å². The van der Waals surface area contributed by atoms with Crippen molar-refractivity contribution in [1.82, 2.24) is 10.6 Å². The molecule has 1 rings (SSSR count). The Morgan fingerprint density at radius 3 is 2.55 bits per heavy atom. The van der Waals surface area contributed by atoms with Crippen LogP contribution in [-0.4, -0.2) is 31.0 Å². The Bertz CT molecular complexity index is 448. The van der Waals surface area contributed by atoms with Crippen molar-refractivity contribution >= 4 is 11.8 Å². The van der Waals surface area contributed by atoms with Crippen LogP contribution in [0.4, 0.5) is 0 Å². The Hall–Kier alpha value is -2.04. The molecule has 0 aliphatic carbocycles. The number of rotatable bonds is 10. The molecule has 1 aromatic carbocycles. The topological polar surface area (TPSA) is 67.4 Å². The number of benzene rings is 1. The third-order valence-corrected chi connectivity index (χ3v) is 3.21. The Balaban J connectivity index is 2.13. The summed E-state index contributed by atoms with van der Waals surface area (Å²) in [5.41, 5.74) is 0. The zero-order valence-corrected chi connectivity index (χ0v) is 13.4. The van der Waals surface area contributed by atoms with E-state index in [-0.39, 0.29) is 31.0 Å². The van der Waals surface area contributed by atoms with Gasteiger partial charge >= 0.3 is 0 Å². The molecule has 0 aliphatic rings. The van der Waals surface area contributed by atoms with Crippen LogP contribution in [0.5, 0.6) is 5.75 Å². The Morgan fingerprint density at radius 2 is 1.86 bits per heavy atom. The summed E-state index contributed by atoms with van der Waals surface area (Å²) in [6.07, 6.45) is 4.41. The second-order valence-electron chi connectivity index (χ2n) is 5.34. The van der Waals surface area contributed by atoms with Gasteiger partial charge in [0.05, 0.1) is 6.54 Å².